The van der Waals surface area contributed by atoms with Gasteiger partial charge in [-0.05, 0) is 41.0 Å². The number of benzene rings is 1. The highest BCUT2D eigenvalue weighted by Crippen LogP contribution is 2.35. The van der Waals surface area contributed by atoms with Crippen LogP contribution in [0.3, 0.4) is 0 Å². The second-order valence-corrected chi connectivity index (χ2v) is 12.4. The molecule has 1 aliphatic heterocycles. The van der Waals surface area contributed by atoms with Crippen LogP contribution in [-0.4, -0.2) is 50.4 Å². The standard InChI is InChI=1S/C23H32N2O4S2/c1-23(2,3)22(20-6-5-12-30-20)24-21(26)15-25(18-11-13-31(27,28)16-18)14-17-7-9-19(29-4)10-8-17/h5-10,12,18,22H,11,13-16H2,1-4H3,(H,24,26). The molecule has 2 heterocycles. The van der Waals surface area contributed by atoms with Crippen LogP contribution in [0.2, 0.25) is 0 Å². The average Bonchev–Trinajstić information content (AvgIpc) is 3.35. The van der Waals surface area contributed by atoms with Crippen molar-refractivity contribution in [2.24, 2.45) is 5.41 Å². The molecule has 1 aromatic heterocycles. The predicted molar refractivity (Wildman–Crippen MR) is 125 cm³/mol. The Balaban J connectivity index is 1.75. The lowest BCUT2D eigenvalue weighted by Crippen LogP contribution is -2.45. The summed E-state index contributed by atoms with van der Waals surface area (Å²) in [7, 11) is -1.43. The molecule has 0 bridgehead atoms. The Bertz CT molecular complexity index is 964. The minimum Gasteiger partial charge on any atom is -0.497 e. The number of carbonyl (C=O) groups excluding carboxylic acids is 1. The van der Waals surface area contributed by atoms with E-state index in [2.05, 4.69) is 26.1 Å². The minimum absolute atomic E-state index is 0.0915. The molecule has 170 valence electrons. The Morgan fingerprint density at radius 2 is 1.97 bits per heavy atom. The van der Waals surface area contributed by atoms with Gasteiger partial charge in [0, 0.05) is 17.5 Å². The molecule has 8 heteroatoms. The first-order chi connectivity index (χ1) is 14.6. The third-order valence-electron chi connectivity index (χ3n) is 5.62. The number of ether oxygens (including phenoxy) is 1. The van der Waals surface area contributed by atoms with Gasteiger partial charge < -0.3 is 10.1 Å². The first kappa shape index (κ1) is 23.8. The number of methoxy groups -OCH3 is 1. The number of amides is 1. The van der Waals surface area contributed by atoms with E-state index in [1.807, 2.05) is 46.7 Å². The highest BCUT2D eigenvalue weighted by molar-refractivity contribution is 7.91. The van der Waals surface area contributed by atoms with E-state index in [1.54, 1.807) is 18.4 Å². The first-order valence-corrected chi connectivity index (χ1v) is 13.2. The maximum Gasteiger partial charge on any atom is 0.234 e. The van der Waals surface area contributed by atoms with E-state index < -0.39 is 9.84 Å². The van der Waals surface area contributed by atoms with E-state index in [4.69, 9.17) is 4.74 Å². The summed E-state index contributed by atoms with van der Waals surface area (Å²) in [6.45, 7) is 6.99. The normalized spacial score (nSPS) is 19.3. The van der Waals surface area contributed by atoms with Gasteiger partial charge in [0.2, 0.25) is 5.91 Å². The Labute approximate surface area is 189 Å². The summed E-state index contributed by atoms with van der Waals surface area (Å²) in [4.78, 5) is 16.2. The minimum atomic E-state index is -3.05. The molecule has 1 aliphatic rings. The van der Waals surface area contributed by atoms with Crippen molar-refractivity contribution in [2.75, 3.05) is 25.2 Å². The molecule has 2 aromatic rings. The molecule has 1 aromatic carbocycles. The molecule has 3 rings (SSSR count). The monoisotopic (exact) mass is 464 g/mol. The van der Waals surface area contributed by atoms with Crippen molar-refractivity contribution in [3.63, 3.8) is 0 Å². The molecule has 0 radical (unpaired) electrons. The van der Waals surface area contributed by atoms with Crippen LogP contribution in [0.15, 0.2) is 41.8 Å². The smallest absolute Gasteiger partial charge is 0.234 e. The van der Waals surface area contributed by atoms with E-state index in [0.29, 0.717) is 13.0 Å². The summed E-state index contributed by atoms with van der Waals surface area (Å²) in [6.07, 6.45) is 0.555. The molecule has 1 fully saturated rings. The fourth-order valence-corrected chi connectivity index (χ4v) is 6.69. The fourth-order valence-electron chi connectivity index (χ4n) is 3.90. The van der Waals surface area contributed by atoms with Crippen LogP contribution >= 0.6 is 11.3 Å². The van der Waals surface area contributed by atoms with Crippen molar-refractivity contribution in [3.05, 3.63) is 52.2 Å². The van der Waals surface area contributed by atoms with Crippen LogP contribution in [0.4, 0.5) is 0 Å². The molecular formula is C23H32N2O4S2. The number of nitrogens with one attached hydrogen (secondary N) is 1. The summed E-state index contributed by atoms with van der Waals surface area (Å²) in [5, 5.41) is 5.21. The van der Waals surface area contributed by atoms with Gasteiger partial charge in [-0.15, -0.1) is 11.3 Å². The lowest BCUT2D eigenvalue weighted by atomic mass is 9.85. The Morgan fingerprint density at radius 1 is 1.26 bits per heavy atom. The van der Waals surface area contributed by atoms with Crippen molar-refractivity contribution in [2.45, 2.75) is 45.8 Å². The van der Waals surface area contributed by atoms with Gasteiger partial charge in [-0.3, -0.25) is 9.69 Å². The molecule has 1 saturated heterocycles. The number of thiophene rings is 1. The third-order valence-corrected chi connectivity index (χ3v) is 8.30. The van der Waals surface area contributed by atoms with Gasteiger partial charge in [0.15, 0.2) is 9.84 Å². The van der Waals surface area contributed by atoms with E-state index in [0.717, 1.165) is 16.2 Å². The predicted octanol–water partition coefficient (Wildman–Crippen LogP) is 3.65. The van der Waals surface area contributed by atoms with Crippen LogP contribution in [0.1, 0.15) is 43.7 Å². The summed E-state index contributed by atoms with van der Waals surface area (Å²) in [5.41, 5.74) is 0.876. The molecule has 31 heavy (non-hydrogen) atoms. The van der Waals surface area contributed by atoms with Gasteiger partial charge in [0.25, 0.3) is 0 Å². The third kappa shape index (κ3) is 6.54. The summed E-state index contributed by atoms with van der Waals surface area (Å²) in [6, 6.07) is 11.4. The van der Waals surface area contributed by atoms with Crippen molar-refractivity contribution < 1.29 is 17.9 Å². The van der Waals surface area contributed by atoms with Crippen molar-refractivity contribution in [3.8, 4) is 5.75 Å². The zero-order valence-electron chi connectivity index (χ0n) is 18.6. The molecule has 2 atom stereocenters. The Kier molecular flexibility index (Phi) is 7.44. The molecule has 1 amide bonds. The number of hydrogen-bond donors (Lipinski definition) is 1. The maximum absolute atomic E-state index is 13.1. The van der Waals surface area contributed by atoms with Crippen LogP contribution in [0.5, 0.6) is 5.75 Å². The van der Waals surface area contributed by atoms with Crippen molar-refractivity contribution in [1.82, 2.24) is 10.2 Å². The summed E-state index contributed by atoms with van der Waals surface area (Å²) >= 11 is 1.63. The second-order valence-electron chi connectivity index (χ2n) is 9.19. The average molecular weight is 465 g/mol. The van der Waals surface area contributed by atoms with E-state index in [1.165, 1.54) is 0 Å². The highest BCUT2D eigenvalue weighted by Gasteiger charge is 2.34. The van der Waals surface area contributed by atoms with E-state index in [-0.39, 0.29) is 41.5 Å². The van der Waals surface area contributed by atoms with Crippen LogP contribution in [0, 0.1) is 5.41 Å². The molecule has 0 spiro atoms. The van der Waals surface area contributed by atoms with Crippen molar-refractivity contribution in [1.29, 1.82) is 0 Å². The molecule has 1 N–H and O–H groups in total. The number of carbonyl (C=O) groups is 1. The Hall–Kier alpha value is -1.90. The highest BCUT2D eigenvalue weighted by atomic mass is 32.2. The second kappa shape index (κ2) is 9.71. The molecule has 6 nitrogen and oxygen atoms in total. The number of sulfone groups is 1. The van der Waals surface area contributed by atoms with Gasteiger partial charge in [0.1, 0.15) is 5.75 Å². The van der Waals surface area contributed by atoms with Crippen LogP contribution in [0.25, 0.3) is 0 Å². The first-order valence-electron chi connectivity index (χ1n) is 10.5. The molecule has 0 saturated carbocycles. The van der Waals surface area contributed by atoms with E-state index >= 15 is 0 Å². The molecular weight excluding hydrogens is 432 g/mol. The number of rotatable bonds is 8. The zero-order chi connectivity index (χ0) is 22.6. The van der Waals surface area contributed by atoms with Crippen LogP contribution < -0.4 is 10.1 Å². The number of hydrogen-bond acceptors (Lipinski definition) is 6. The van der Waals surface area contributed by atoms with Gasteiger partial charge in [-0.1, -0.05) is 39.0 Å². The van der Waals surface area contributed by atoms with Gasteiger partial charge in [0.05, 0.1) is 31.2 Å². The zero-order valence-corrected chi connectivity index (χ0v) is 20.3. The Morgan fingerprint density at radius 3 is 2.48 bits per heavy atom. The van der Waals surface area contributed by atoms with Gasteiger partial charge in [-0.2, -0.15) is 0 Å². The fraction of sp³-hybridized carbons (Fsp3) is 0.522. The maximum atomic E-state index is 13.1. The number of nitrogens with zero attached hydrogens (tertiary/aromatic N) is 1. The summed E-state index contributed by atoms with van der Waals surface area (Å²) in [5.74, 6) is 0.953. The quantitative estimate of drug-likeness (QED) is 0.645. The van der Waals surface area contributed by atoms with Crippen LogP contribution in [-0.2, 0) is 21.2 Å². The lowest BCUT2D eigenvalue weighted by Gasteiger charge is -2.33. The van der Waals surface area contributed by atoms with Crippen molar-refractivity contribution >= 4 is 27.1 Å². The van der Waals surface area contributed by atoms with E-state index in [9.17, 15) is 13.2 Å². The summed E-state index contributed by atoms with van der Waals surface area (Å²) < 4.78 is 29.4. The van der Waals surface area contributed by atoms with Gasteiger partial charge in [-0.25, -0.2) is 8.42 Å². The SMILES string of the molecule is COc1ccc(CN(CC(=O)NC(c2cccs2)C(C)(C)C)C2CCS(=O)(=O)C2)cc1. The largest absolute Gasteiger partial charge is 0.497 e. The molecule has 2 unspecified atom stereocenters. The lowest BCUT2D eigenvalue weighted by molar-refractivity contribution is -0.124. The molecule has 0 aliphatic carbocycles. The van der Waals surface area contributed by atoms with Gasteiger partial charge >= 0.3 is 0 Å². The topological polar surface area (TPSA) is 75.7 Å².